The number of Topliss-reactive ketones (excluding diaryl/α,β-unsaturated/α-hetero) is 2. The molecule has 0 aromatic heterocycles. The van der Waals surface area contributed by atoms with Gasteiger partial charge in [-0.3, -0.25) is 14.9 Å². The van der Waals surface area contributed by atoms with Gasteiger partial charge in [-0.1, -0.05) is 69.2 Å². The fourth-order valence-electron chi connectivity index (χ4n) is 5.18. The third kappa shape index (κ3) is 9.25. The van der Waals surface area contributed by atoms with E-state index in [9.17, 15) is 9.59 Å². The number of carbonyl (C=O) groups excluding carboxylic acids is 2. The molecule has 0 rings (SSSR count). The van der Waals surface area contributed by atoms with Crippen LogP contribution in [-0.4, -0.2) is 34.7 Å². The number of hydrogen-bond acceptors (Lipinski definition) is 4. The smallest absolute Gasteiger partial charge is 0.166 e. The minimum atomic E-state index is -0.788. The second-order valence-electron chi connectivity index (χ2n) is 15.3. The second-order valence-corrected chi connectivity index (χ2v) is 15.3. The van der Waals surface area contributed by atoms with E-state index in [1.54, 1.807) is 0 Å². The van der Waals surface area contributed by atoms with Crippen LogP contribution in [0, 0.1) is 21.7 Å². The van der Waals surface area contributed by atoms with Gasteiger partial charge in [-0.2, -0.15) is 0 Å². The van der Waals surface area contributed by atoms with E-state index in [-0.39, 0.29) is 39.9 Å². The normalized spacial score (nSPS) is 15.1. The predicted octanol–water partition coefficient (Wildman–Crippen LogP) is 6.56. The van der Waals surface area contributed by atoms with Crippen molar-refractivity contribution in [2.45, 2.75) is 140 Å². The molecular formula is C28H56N2O2. The molecule has 0 fully saturated rings. The fourth-order valence-corrected chi connectivity index (χ4v) is 5.18. The van der Waals surface area contributed by atoms with Crippen molar-refractivity contribution in [3.8, 4) is 0 Å². The highest BCUT2D eigenvalue weighted by Gasteiger charge is 2.45. The van der Waals surface area contributed by atoms with Crippen molar-refractivity contribution in [2.75, 3.05) is 6.54 Å². The first-order valence-electron chi connectivity index (χ1n) is 12.3. The van der Waals surface area contributed by atoms with Gasteiger partial charge in [0.15, 0.2) is 11.6 Å². The third-order valence-electron chi connectivity index (χ3n) is 7.11. The van der Waals surface area contributed by atoms with Gasteiger partial charge < -0.3 is 5.32 Å². The Morgan fingerprint density at radius 1 is 0.625 bits per heavy atom. The topological polar surface area (TPSA) is 58.2 Å². The molecule has 4 heteroatoms. The Morgan fingerprint density at radius 2 is 1.06 bits per heavy atom. The Labute approximate surface area is 200 Å². The third-order valence-corrected chi connectivity index (χ3v) is 7.11. The minimum absolute atomic E-state index is 0.00259. The molecule has 4 nitrogen and oxygen atoms in total. The number of hydrogen-bond donors (Lipinski definition) is 2. The van der Waals surface area contributed by atoms with Gasteiger partial charge in [-0.25, -0.2) is 0 Å². The van der Waals surface area contributed by atoms with Crippen molar-refractivity contribution >= 4 is 11.6 Å². The minimum Gasteiger partial charge on any atom is -0.300 e. The Hall–Kier alpha value is -0.740. The summed E-state index contributed by atoms with van der Waals surface area (Å²) in [5.41, 5.74) is -1.90. The highest BCUT2D eigenvalue weighted by atomic mass is 16.1. The van der Waals surface area contributed by atoms with Gasteiger partial charge in [0.05, 0.1) is 17.6 Å². The van der Waals surface area contributed by atoms with Gasteiger partial charge in [0.25, 0.3) is 0 Å². The van der Waals surface area contributed by atoms with Crippen molar-refractivity contribution in [3.63, 3.8) is 0 Å². The molecule has 0 aliphatic carbocycles. The van der Waals surface area contributed by atoms with Crippen LogP contribution in [-0.2, 0) is 9.59 Å². The van der Waals surface area contributed by atoms with Crippen molar-refractivity contribution in [1.29, 1.82) is 0 Å². The summed E-state index contributed by atoms with van der Waals surface area (Å²) in [5.74, 6) is 0.210. The van der Waals surface area contributed by atoms with Gasteiger partial charge in [0.2, 0.25) is 0 Å². The lowest BCUT2D eigenvalue weighted by Gasteiger charge is -2.45. The lowest BCUT2D eigenvalue weighted by atomic mass is 9.60. The summed E-state index contributed by atoms with van der Waals surface area (Å²) in [4.78, 5) is 26.7. The Morgan fingerprint density at radius 3 is 1.44 bits per heavy atom. The van der Waals surface area contributed by atoms with Crippen LogP contribution in [0.3, 0.4) is 0 Å². The van der Waals surface area contributed by atoms with E-state index < -0.39 is 16.5 Å². The summed E-state index contributed by atoms with van der Waals surface area (Å²) in [6, 6.07) is 0. The zero-order valence-electron chi connectivity index (χ0n) is 24.4. The zero-order chi connectivity index (χ0) is 26.2. The van der Waals surface area contributed by atoms with E-state index in [4.69, 9.17) is 0 Å². The van der Waals surface area contributed by atoms with Gasteiger partial charge in [-0.15, -0.1) is 0 Å². The first-order valence-corrected chi connectivity index (χ1v) is 12.3. The van der Waals surface area contributed by atoms with Gasteiger partial charge >= 0.3 is 0 Å². The largest absolute Gasteiger partial charge is 0.300 e. The molecule has 0 unspecified atom stereocenters. The fraction of sp³-hybridized carbons (Fsp3) is 0.929. The standard InChI is InChI=1S/C28H56N2O2/c1-22(2,3)18-26(11,12)30-27(13,14)20(31)17-29-28(15,16)21(32)24(7,8)19-25(9,10)23(4,5)6/h29-30H,17-19H2,1-16H3. The molecule has 32 heavy (non-hydrogen) atoms. The Kier molecular flexibility index (Phi) is 9.27. The van der Waals surface area contributed by atoms with Crippen molar-refractivity contribution in [2.24, 2.45) is 21.7 Å². The monoisotopic (exact) mass is 452 g/mol. The molecule has 0 aliphatic rings. The molecule has 0 saturated heterocycles. The van der Waals surface area contributed by atoms with Crippen LogP contribution in [0.5, 0.6) is 0 Å². The molecule has 190 valence electrons. The van der Waals surface area contributed by atoms with E-state index in [2.05, 4.69) is 79.9 Å². The number of ketones is 2. The molecule has 0 aliphatic heterocycles. The van der Waals surface area contributed by atoms with Crippen LogP contribution in [0.15, 0.2) is 0 Å². The number of carbonyl (C=O) groups is 2. The van der Waals surface area contributed by atoms with E-state index >= 15 is 0 Å². The summed E-state index contributed by atoms with van der Waals surface area (Å²) in [6.07, 6.45) is 1.74. The number of nitrogens with one attached hydrogen (secondary N) is 2. The van der Waals surface area contributed by atoms with Crippen LogP contribution >= 0.6 is 0 Å². The van der Waals surface area contributed by atoms with Gasteiger partial charge in [0, 0.05) is 11.0 Å². The molecule has 0 aromatic rings. The molecule has 0 aromatic carbocycles. The maximum Gasteiger partial charge on any atom is 0.166 e. The number of rotatable bonds is 11. The summed E-state index contributed by atoms with van der Waals surface area (Å²) < 4.78 is 0. The summed E-state index contributed by atoms with van der Waals surface area (Å²) in [6.45, 7) is 34.0. The molecule has 0 spiro atoms. The van der Waals surface area contributed by atoms with E-state index in [1.165, 1.54) is 0 Å². The van der Waals surface area contributed by atoms with Crippen LogP contribution in [0.2, 0.25) is 0 Å². The Balaban J connectivity index is 5.32. The second kappa shape index (κ2) is 9.49. The molecule has 0 heterocycles. The van der Waals surface area contributed by atoms with Crippen LogP contribution in [0.4, 0.5) is 0 Å². The van der Waals surface area contributed by atoms with Gasteiger partial charge in [0.1, 0.15) is 0 Å². The van der Waals surface area contributed by atoms with Crippen LogP contribution < -0.4 is 10.6 Å². The maximum atomic E-state index is 13.5. The van der Waals surface area contributed by atoms with Crippen LogP contribution in [0.25, 0.3) is 0 Å². The quantitative estimate of drug-likeness (QED) is 0.372. The first kappa shape index (κ1) is 31.3. The molecule has 0 bridgehead atoms. The Bertz CT molecular complexity index is 669. The molecule has 0 radical (unpaired) electrons. The molecular weight excluding hydrogens is 396 g/mol. The SMILES string of the molecule is CC(C)(C)CC(C)(C)NC(C)(C)C(=O)CNC(C)(C)C(=O)C(C)(C)CC(C)(C)C(C)(C)C. The molecule has 2 N–H and O–H groups in total. The summed E-state index contributed by atoms with van der Waals surface area (Å²) >= 11 is 0. The lowest BCUT2D eigenvalue weighted by Crippen LogP contribution is -2.61. The lowest BCUT2D eigenvalue weighted by molar-refractivity contribution is -0.136. The van der Waals surface area contributed by atoms with E-state index in [0.29, 0.717) is 0 Å². The zero-order valence-corrected chi connectivity index (χ0v) is 24.4. The summed E-state index contributed by atoms with van der Waals surface area (Å²) in [7, 11) is 0. The molecule has 0 saturated carbocycles. The maximum absolute atomic E-state index is 13.5. The predicted molar refractivity (Wildman–Crippen MR) is 139 cm³/mol. The van der Waals surface area contributed by atoms with Crippen molar-refractivity contribution in [3.05, 3.63) is 0 Å². The van der Waals surface area contributed by atoms with Crippen molar-refractivity contribution < 1.29 is 9.59 Å². The van der Waals surface area contributed by atoms with Crippen molar-refractivity contribution in [1.82, 2.24) is 10.6 Å². The first-order chi connectivity index (χ1) is 13.7. The average Bonchev–Trinajstić information content (AvgIpc) is 2.45. The summed E-state index contributed by atoms with van der Waals surface area (Å²) in [5, 5.41) is 6.85. The highest BCUT2D eigenvalue weighted by molar-refractivity contribution is 5.94. The van der Waals surface area contributed by atoms with Gasteiger partial charge in [-0.05, 0) is 70.6 Å². The highest BCUT2D eigenvalue weighted by Crippen LogP contribution is 2.47. The van der Waals surface area contributed by atoms with E-state index in [1.807, 2.05) is 41.5 Å². The molecule has 0 atom stereocenters. The van der Waals surface area contributed by atoms with E-state index in [0.717, 1.165) is 12.8 Å². The average molecular weight is 453 g/mol. The van der Waals surface area contributed by atoms with Crippen LogP contribution in [0.1, 0.15) is 124 Å². The molecule has 0 amide bonds.